The van der Waals surface area contributed by atoms with Gasteiger partial charge in [-0.05, 0) is 75.2 Å². The van der Waals surface area contributed by atoms with Crippen LogP contribution in [0, 0.1) is 5.92 Å². The van der Waals surface area contributed by atoms with Crippen molar-refractivity contribution in [1.29, 1.82) is 0 Å². The molecular weight excluding hydrogens is 671 g/mol. The Morgan fingerprint density at radius 1 is 1.00 bits per heavy atom. The van der Waals surface area contributed by atoms with Crippen molar-refractivity contribution in [3.63, 3.8) is 0 Å². The molecule has 1 atom stereocenters. The van der Waals surface area contributed by atoms with Crippen molar-refractivity contribution >= 4 is 21.8 Å². The standard InChI is InChI=1S/C35H50F3N7O4S/c1-25-6-3-13-42(22-25)24-32(46)39-21-27-20-26(8-9-30(27)35(36,37)38)34-29-23-43(50(2,48)49)19-12-31(29)45(40-34)16-5-14-41-17-10-28(11-18-41)44-15-4-7-33(44)47/h8-9,20,25,28H,3-7,10-19,21-24H2,1-2H3,(H,39,46). The Labute approximate surface area is 293 Å². The predicted molar refractivity (Wildman–Crippen MR) is 183 cm³/mol. The molecule has 3 saturated heterocycles. The summed E-state index contributed by atoms with van der Waals surface area (Å²) in [5, 5.41) is 7.61. The summed E-state index contributed by atoms with van der Waals surface area (Å²) in [6.07, 6.45) is 3.40. The number of likely N-dealkylation sites (tertiary alicyclic amines) is 3. The van der Waals surface area contributed by atoms with Crippen LogP contribution in [0.2, 0.25) is 0 Å². The van der Waals surface area contributed by atoms with Crippen molar-refractivity contribution in [2.24, 2.45) is 5.92 Å². The van der Waals surface area contributed by atoms with E-state index in [-0.39, 0.29) is 37.0 Å². The van der Waals surface area contributed by atoms with Gasteiger partial charge in [-0.15, -0.1) is 0 Å². The van der Waals surface area contributed by atoms with Crippen molar-refractivity contribution < 1.29 is 31.2 Å². The second-order valence-electron chi connectivity index (χ2n) is 14.6. The number of fused-ring (bicyclic) bond motifs is 1. The number of aromatic nitrogens is 2. The number of amides is 2. The molecule has 1 aromatic heterocycles. The molecule has 5 heterocycles. The smallest absolute Gasteiger partial charge is 0.351 e. The lowest BCUT2D eigenvalue weighted by molar-refractivity contribution is -0.138. The number of piperidine rings is 2. The topological polar surface area (TPSA) is 111 Å². The van der Waals surface area contributed by atoms with Gasteiger partial charge in [-0.1, -0.05) is 13.0 Å². The summed E-state index contributed by atoms with van der Waals surface area (Å²) in [5.74, 6) is 0.418. The van der Waals surface area contributed by atoms with E-state index in [0.717, 1.165) is 95.8 Å². The van der Waals surface area contributed by atoms with Gasteiger partial charge in [0.2, 0.25) is 21.8 Å². The minimum absolute atomic E-state index is 0.0616. The van der Waals surface area contributed by atoms with Gasteiger partial charge in [-0.2, -0.15) is 22.6 Å². The Kier molecular flexibility index (Phi) is 11.3. The highest BCUT2D eigenvalue weighted by Gasteiger charge is 2.35. The predicted octanol–water partition coefficient (Wildman–Crippen LogP) is 3.71. The maximum absolute atomic E-state index is 14.2. The van der Waals surface area contributed by atoms with Crippen LogP contribution >= 0.6 is 0 Å². The van der Waals surface area contributed by atoms with Gasteiger partial charge in [0.25, 0.3) is 0 Å². The molecule has 50 heavy (non-hydrogen) atoms. The first-order valence-corrected chi connectivity index (χ1v) is 19.9. The van der Waals surface area contributed by atoms with E-state index in [0.29, 0.717) is 54.7 Å². The lowest BCUT2D eigenvalue weighted by Crippen LogP contribution is -2.45. The molecule has 6 rings (SSSR count). The van der Waals surface area contributed by atoms with E-state index in [1.54, 1.807) is 0 Å². The number of rotatable bonds is 11. The Balaban J connectivity index is 1.18. The molecule has 0 spiro atoms. The van der Waals surface area contributed by atoms with Crippen LogP contribution in [-0.4, -0.2) is 114 Å². The van der Waals surface area contributed by atoms with Crippen molar-refractivity contribution in [3.05, 3.63) is 40.6 Å². The number of carbonyl (C=O) groups excluding carboxylic acids is 2. The van der Waals surface area contributed by atoms with E-state index in [2.05, 4.69) is 17.1 Å². The molecule has 15 heteroatoms. The molecule has 0 saturated carbocycles. The van der Waals surface area contributed by atoms with Gasteiger partial charge in [0, 0.05) is 88.1 Å². The lowest BCUT2D eigenvalue weighted by Gasteiger charge is -2.36. The molecule has 3 fully saturated rings. The molecule has 1 aromatic carbocycles. The summed E-state index contributed by atoms with van der Waals surface area (Å²) in [5.41, 5.74) is 1.64. The molecule has 276 valence electrons. The zero-order valence-electron chi connectivity index (χ0n) is 29.2. The third-order valence-corrected chi connectivity index (χ3v) is 12.0. The van der Waals surface area contributed by atoms with Crippen molar-refractivity contribution in [1.82, 2.24) is 34.1 Å². The maximum atomic E-state index is 14.2. The Bertz CT molecular complexity index is 1660. The van der Waals surface area contributed by atoms with Crippen LogP contribution in [0.4, 0.5) is 13.2 Å². The van der Waals surface area contributed by atoms with Crippen LogP contribution in [0.5, 0.6) is 0 Å². The molecule has 2 amide bonds. The van der Waals surface area contributed by atoms with Gasteiger partial charge in [-0.25, -0.2) is 8.42 Å². The molecule has 11 nitrogen and oxygen atoms in total. The SMILES string of the molecule is CC1CCCN(CC(=O)NCc2cc(-c3nn(CCCN4CCC(N5CCCC5=O)CC4)c4c3CN(S(C)(=O)=O)CC4)ccc2C(F)(F)F)C1. The number of benzene rings is 1. The molecule has 4 aliphatic rings. The Morgan fingerprint density at radius 3 is 2.46 bits per heavy atom. The summed E-state index contributed by atoms with van der Waals surface area (Å²) < 4.78 is 70.8. The minimum atomic E-state index is -4.62. The van der Waals surface area contributed by atoms with Crippen LogP contribution in [0.15, 0.2) is 18.2 Å². The molecule has 0 bridgehead atoms. The third-order valence-electron chi connectivity index (χ3n) is 10.8. The maximum Gasteiger partial charge on any atom is 0.416 e. The fourth-order valence-corrected chi connectivity index (χ4v) is 8.95. The molecule has 0 aliphatic carbocycles. The number of alkyl halides is 3. The van der Waals surface area contributed by atoms with Crippen molar-refractivity contribution in [3.8, 4) is 11.3 Å². The first-order chi connectivity index (χ1) is 23.8. The quantitative estimate of drug-likeness (QED) is 0.377. The highest BCUT2D eigenvalue weighted by atomic mass is 32.2. The van der Waals surface area contributed by atoms with Crippen LogP contribution < -0.4 is 5.32 Å². The Morgan fingerprint density at radius 2 is 1.78 bits per heavy atom. The normalized spacial score (nSPS) is 21.9. The fraction of sp³-hybridized carbons (Fsp3) is 0.686. The van der Waals surface area contributed by atoms with E-state index in [9.17, 15) is 31.2 Å². The van der Waals surface area contributed by atoms with Crippen LogP contribution in [0.3, 0.4) is 0 Å². The number of hydrogen-bond acceptors (Lipinski definition) is 7. The van der Waals surface area contributed by atoms with Crippen molar-refractivity contribution in [2.45, 2.75) is 90.1 Å². The number of halogens is 3. The largest absolute Gasteiger partial charge is 0.416 e. The molecule has 0 radical (unpaired) electrons. The summed E-state index contributed by atoms with van der Waals surface area (Å²) in [4.78, 5) is 31.5. The van der Waals surface area contributed by atoms with Gasteiger partial charge < -0.3 is 15.1 Å². The van der Waals surface area contributed by atoms with Gasteiger partial charge in [0.15, 0.2) is 0 Å². The summed E-state index contributed by atoms with van der Waals surface area (Å²) in [6, 6.07) is 4.18. The van der Waals surface area contributed by atoms with Gasteiger partial charge >= 0.3 is 6.18 Å². The lowest BCUT2D eigenvalue weighted by atomic mass is 9.97. The number of carbonyl (C=O) groups is 2. The van der Waals surface area contributed by atoms with Crippen LogP contribution in [0.25, 0.3) is 11.3 Å². The first-order valence-electron chi connectivity index (χ1n) is 18.0. The van der Waals surface area contributed by atoms with E-state index >= 15 is 0 Å². The van der Waals surface area contributed by atoms with Crippen molar-refractivity contribution in [2.75, 3.05) is 58.6 Å². The van der Waals surface area contributed by atoms with E-state index in [1.807, 2.05) is 14.5 Å². The zero-order chi connectivity index (χ0) is 35.6. The van der Waals surface area contributed by atoms with E-state index in [1.165, 1.54) is 16.4 Å². The number of nitrogens with one attached hydrogen (secondary N) is 1. The van der Waals surface area contributed by atoms with Gasteiger partial charge in [0.05, 0.1) is 24.1 Å². The average Bonchev–Trinajstić information content (AvgIpc) is 3.66. The second-order valence-corrected chi connectivity index (χ2v) is 16.6. The van der Waals surface area contributed by atoms with Crippen LogP contribution in [0.1, 0.15) is 74.3 Å². The Hall–Kier alpha value is -3.01. The molecular formula is C35H50F3N7O4S. The number of aryl methyl sites for hydroxylation is 1. The van der Waals surface area contributed by atoms with E-state index in [4.69, 9.17) is 5.10 Å². The molecule has 1 N–H and O–H groups in total. The minimum Gasteiger partial charge on any atom is -0.351 e. The first kappa shape index (κ1) is 36.8. The fourth-order valence-electron chi connectivity index (χ4n) is 8.17. The van der Waals surface area contributed by atoms with Gasteiger partial charge in [-0.3, -0.25) is 19.2 Å². The number of nitrogens with zero attached hydrogens (tertiary/aromatic N) is 6. The second kappa shape index (κ2) is 15.3. The van der Waals surface area contributed by atoms with Gasteiger partial charge in [0.1, 0.15) is 0 Å². The average molecular weight is 722 g/mol. The highest BCUT2D eigenvalue weighted by Crippen LogP contribution is 2.37. The monoisotopic (exact) mass is 721 g/mol. The summed E-state index contributed by atoms with van der Waals surface area (Å²) >= 11 is 0. The third kappa shape index (κ3) is 8.71. The zero-order valence-corrected chi connectivity index (χ0v) is 30.0. The molecule has 2 aromatic rings. The number of hydrogen-bond donors (Lipinski definition) is 1. The summed E-state index contributed by atoms with van der Waals surface area (Å²) in [6.45, 7) is 8.09. The van der Waals surface area contributed by atoms with Crippen LogP contribution in [-0.2, 0) is 51.8 Å². The molecule has 4 aliphatic heterocycles. The van der Waals surface area contributed by atoms with E-state index < -0.39 is 21.8 Å². The molecule has 1 unspecified atom stereocenters. The number of sulfonamides is 1. The highest BCUT2D eigenvalue weighted by molar-refractivity contribution is 7.88. The summed E-state index contributed by atoms with van der Waals surface area (Å²) in [7, 11) is -3.51.